The number of hydrogen-bond donors (Lipinski definition) is 1. The second kappa shape index (κ2) is 7.08. The van der Waals surface area contributed by atoms with E-state index in [4.69, 9.17) is 33.7 Å². The molecular formula is C18H18Cl2FNO. The van der Waals surface area contributed by atoms with E-state index in [1.165, 1.54) is 6.08 Å². The van der Waals surface area contributed by atoms with Crippen LogP contribution in [0, 0.1) is 5.92 Å². The quantitative estimate of drug-likeness (QED) is 0.733. The van der Waals surface area contributed by atoms with Crippen LogP contribution in [0.5, 0.6) is 0 Å². The molecule has 0 aromatic carbocycles. The van der Waals surface area contributed by atoms with Crippen molar-refractivity contribution < 1.29 is 9.13 Å². The molecule has 1 heterocycles. The van der Waals surface area contributed by atoms with Crippen molar-refractivity contribution in [3.8, 4) is 0 Å². The van der Waals surface area contributed by atoms with Gasteiger partial charge in [0.1, 0.15) is 17.7 Å². The zero-order chi connectivity index (χ0) is 16.4. The Balaban J connectivity index is 1.96. The van der Waals surface area contributed by atoms with E-state index in [1.807, 2.05) is 12.2 Å². The smallest absolute Gasteiger partial charge is 0.120 e. The van der Waals surface area contributed by atoms with Crippen LogP contribution >= 0.6 is 23.2 Å². The summed E-state index contributed by atoms with van der Waals surface area (Å²) in [4.78, 5) is 0. The topological polar surface area (TPSA) is 35.2 Å². The maximum Gasteiger partial charge on any atom is 0.120 e. The third-order valence-corrected chi connectivity index (χ3v) is 4.58. The first-order chi connectivity index (χ1) is 11.0. The zero-order valence-electron chi connectivity index (χ0n) is 12.5. The second-order valence-corrected chi connectivity index (χ2v) is 6.73. The molecule has 1 aliphatic heterocycles. The van der Waals surface area contributed by atoms with Gasteiger partial charge in [-0.2, -0.15) is 0 Å². The van der Waals surface area contributed by atoms with Crippen molar-refractivity contribution in [2.45, 2.75) is 24.3 Å². The number of halogens is 3. The van der Waals surface area contributed by atoms with Gasteiger partial charge in [0.2, 0.25) is 0 Å². The average Bonchev–Trinajstić information content (AvgIpc) is 2.79. The van der Waals surface area contributed by atoms with Crippen LogP contribution in [0.1, 0.15) is 12.8 Å². The molecule has 2 unspecified atom stereocenters. The molecular weight excluding hydrogens is 336 g/mol. The highest BCUT2D eigenvalue weighted by Gasteiger charge is 2.25. The van der Waals surface area contributed by atoms with Crippen molar-refractivity contribution in [3.05, 3.63) is 70.3 Å². The number of rotatable bonds is 2. The fourth-order valence-electron chi connectivity index (χ4n) is 2.89. The lowest BCUT2D eigenvalue weighted by Crippen LogP contribution is -2.27. The molecule has 23 heavy (non-hydrogen) atoms. The predicted octanol–water partition coefficient (Wildman–Crippen LogP) is 4.64. The van der Waals surface area contributed by atoms with Crippen LogP contribution in [0.25, 0.3) is 0 Å². The molecule has 2 N–H and O–H groups in total. The summed E-state index contributed by atoms with van der Waals surface area (Å²) < 4.78 is 20.1. The third kappa shape index (κ3) is 3.97. The van der Waals surface area contributed by atoms with Crippen LogP contribution in [0.15, 0.2) is 70.3 Å². The highest BCUT2D eigenvalue weighted by atomic mass is 35.5. The largest absolute Gasteiger partial charge is 0.489 e. The van der Waals surface area contributed by atoms with E-state index in [0.29, 0.717) is 17.3 Å². The van der Waals surface area contributed by atoms with Gasteiger partial charge in [-0.1, -0.05) is 23.8 Å². The summed E-state index contributed by atoms with van der Waals surface area (Å²) in [5.41, 5.74) is 7.42. The number of fused-ring (bicyclic) bond motifs is 1. The molecule has 2 nitrogen and oxygen atoms in total. The second-order valence-electron chi connectivity index (χ2n) is 5.79. The average molecular weight is 354 g/mol. The Kier molecular flexibility index (Phi) is 5.10. The van der Waals surface area contributed by atoms with Gasteiger partial charge < -0.3 is 10.5 Å². The Morgan fingerprint density at radius 2 is 2.09 bits per heavy atom. The van der Waals surface area contributed by atoms with E-state index >= 15 is 0 Å². The molecule has 122 valence electrons. The van der Waals surface area contributed by atoms with Crippen molar-refractivity contribution >= 4 is 23.2 Å². The predicted molar refractivity (Wildman–Crippen MR) is 92.8 cm³/mol. The molecule has 3 rings (SSSR count). The molecule has 0 spiro atoms. The molecule has 1 saturated heterocycles. The molecule has 3 atom stereocenters. The van der Waals surface area contributed by atoms with E-state index in [1.54, 1.807) is 24.3 Å². The first-order valence-corrected chi connectivity index (χ1v) is 8.44. The van der Waals surface area contributed by atoms with Gasteiger partial charge in [-0.15, -0.1) is 11.6 Å². The minimum atomic E-state index is -0.287. The van der Waals surface area contributed by atoms with Gasteiger partial charge in [0.25, 0.3) is 0 Å². The van der Waals surface area contributed by atoms with Gasteiger partial charge >= 0.3 is 0 Å². The molecule has 0 amide bonds. The Hall–Kier alpha value is -1.29. The molecule has 1 fully saturated rings. The van der Waals surface area contributed by atoms with E-state index in [2.05, 4.69) is 0 Å². The van der Waals surface area contributed by atoms with E-state index in [0.717, 1.165) is 24.0 Å². The monoisotopic (exact) mass is 353 g/mol. The number of nitrogens with two attached hydrogens (primary N) is 1. The van der Waals surface area contributed by atoms with Crippen molar-refractivity contribution in [2.75, 3.05) is 6.54 Å². The summed E-state index contributed by atoms with van der Waals surface area (Å²) in [5, 5.41) is 0.278. The number of alkyl halides is 1. The highest BCUT2D eigenvalue weighted by Crippen LogP contribution is 2.35. The minimum absolute atomic E-state index is 0.0232. The standard InChI is InChI=1S/C18H18Cl2FNO/c19-14-2-3-15(20)6-12(5-14)13-8-16(21)7-11-1-4-17(10-22)23-18(11)9-13/h2-3,5-9,13-14,17H,1,4,10,22H2/t13?,14?,17-/m1/s1. The van der Waals surface area contributed by atoms with Crippen LogP contribution in [-0.4, -0.2) is 18.0 Å². The summed E-state index contributed by atoms with van der Waals surface area (Å²) in [6.45, 7) is 0.452. The van der Waals surface area contributed by atoms with Crippen molar-refractivity contribution in [3.63, 3.8) is 0 Å². The van der Waals surface area contributed by atoms with E-state index < -0.39 is 0 Å². The lowest BCUT2D eigenvalue weighted by Gasteiger charge is -2.27. The summed E-state index contributed by atoms with van der Waals surface area (Å²) in [7, 11) is 0. The summed E-state index contributed by atoms with van der Waals surface area (Å²) in [6, 6.07) is 0. The van der Waals surface area contributed by atoms with Crippen molar-refractivity contribution in [1.29, 1.82) is 0 Å². The van der Waals surface area contributed by atoms with Gasteiger partial charge in [-0.25, -0.2) is 4.39 Å². The lowest BCUT2D eigenvalue weighted by atomic mass is 9.95. The fourth-order valence-corrected chi connectivity index (χ4v) is 3.30. The molecule has 0 aromatic rings. The number of hydrogen-bond acceptors (Lipinski definition) is 2. The van der Waals surface area contributed by atoms with Gasteiger partial charge in [0, 0.05) is 17.5 Å². The van der Waals surface area contributed by atoms with Gasteiger partial charge in [-0.05, 0) is 54.4 Å². The SMILES string of the molecule is NC[C@H]1CCC2=CC(F)=CC(C3=CC(Cl)C=CC(Cl)=C3)C=C2O1. The maximum absolute atomic E-state index is 14.2. The van der Waals surface area contributed by atoms with Crippen LogP contribution < -0.4 is 5.73 Å². The summed E-state index contributed by atoms with van der Waals surface area (Å²) >= 11 is 12.3. The molecule has 0 bridgehead atoms. The first kappa shape index (κ1) is 16.6. The summed E-state index contributed by atoms with van der Waals surface area (Å²) in [6.07, 6.45) is 13.8. The van der Waals surface area contributed by atoms with Crippen LogP contribution in [0.2, 0.25) is 0 Å². The van der Waals surface area contributed by atoms with Gasteiger partial charge in [0.15, 0.2) is 0 Å². The Bertz CT molecular complexity index is 673. The molecule has 3 aliphatic rings. The highest BCUT2D eigenvalue weighted by molar-refractivity contribution is 6.31. The third-order valence-electron chi connectivity index (χ3n) is 4.07. The van der Waals surface area contributed by atoms with Crippen LogP contribution in [0.4, 0.5) is 4.39 Å². The maximum atomic E-state index is 14.2. The number of ether oxygens (including phenoxy) is 1. The number of allylic oxidation sites excluding steroid dienone is 11. The van der Waals surface area contributed by atoms with E-state index in [9.17, 15) is 4.39 Å². The van der Waals surface area contributed by atoms with Gasteiger partial charge in [0.05, 0.1) is 5.38 Å². The normalized spacial score (nSPS) is 30.6. The minimum Gasteiger partial charge on any atom is -0.489 e. The lowest BCUT2D eigenvalue weighted by molar-refractivity contribution is 0.101. The van der Waals surface area contributed by atoms with Crippen molar-refractivity contribution in [2.24, 2.45) is 11.7 Å². The van der Waals surface area contributed by atoms with E-state index in [-0.39, 0.29) is 23.2 Å². The Labute approximate surface area is 145 Å². The zero-order valence-corrected chi connectivity index (χ0v) is 14.0. The van der Waals surface area contributed by atoms with Crippen LogP contribution in [0.3, 0.4) is 0 Å². The molecule has 0 aromatic heterocycles. The fraction of sp³-hybridized carbons (Fsp3) is 0.333. The Morgan fingerprint density at radius 3 is 2.87 bits per heavy atom. The molecule has 5 heteroatoms. The first-order valence-electron chi connectivity index (χ1n) is 7.63. The molecule has 0 saturated carbocycles. The molecule has 2 aliphatic carbocycles. The van der Waals surface area contributed by atoms with Crippen molar-refractivity contribution in [1.82, 2.24) is 0 Å². The van der Waals surface area contributed by atoms with Gasteiger partial charge in [-0.3, -0.25) is 0 Å². The summed E-state index contributed by atoms with van der Waals surface area (Å²) in [5.74, 6) is 0.138. The van der Waals surface area contributed by atoms with Crippen LogP contribution in [-0.2, 0) is 4.74 Å². The molecule has 0 radical (unpaired) electrons. The Morgan fingerprint density at radius 1 is 1.26 bits per heavy atom.